The second-order valence-corrected chi connectivity index (χ2v) is 5.27. The molecule has 0 fully saturated rings. The number of nitrogens with zero attached hydrogens (tertiary/aromatic N) is 1. The Hall–Kier alpha value is -2.13. The summed E-state index contributed by atoms with van der Waals surface area (Å²) in [7, 11) is 3.59. The monoisotopic (exact) mass is 313 g/mol. The van der Waals surface area contributed by atoms with E-state index in [1.165, 1.54) is 0 Å². The summed E-state index contributed by atoms with van der Waals surface area (Å²) in [5, 5.41) is 0. The van der Waals surface area contributed by atoms with Crippen molar-refractivity contribution in [2.24, 2.45) is 0 Å². The average molecular weight is 313 g/mol. The average Bonchev–Trinajstić information content (AvgIpc) is 2.58. The summed E-state index contributed by atoms with van der Waals surface area (Å²) in [5.41, 5.74) is 2.06. The van der Waals surface area contributed by atoms with Crippen molar-refractivity contribution < 1.29 is 9.53 Å². The Bertz CT molecular complexity index is 511. The van der Waals surface area contributed by atoms with Gasteiger partial charge in [-0.15, -0.1) is 0 Å². The van der Waals surface area contributed by atoms with Crippen LogP contribution in [0.4, 0.5) is 0 Å². The summed E-state index contributed by atoms with van der Waals surface area (Å²) in [6.45, 7) is 5.67. The molecule has 0 aliphatic heterocycles. The molecular weight excluding hydrogens is 286 g/mol. The molecule has 2 aromatic rings. The maximum Gasteiger partial charge on any atom is 0.234 e. The molecule has 1 amide bonds. The van der Waals surface area contributed by atoms with Gasteiger partial charge in [0.25, 0.3) is 0 Å². The van der Waals surface area contributed by atoms with Crippen LogP contribution in [-0.4, -0.2) is 38.1 Å². The number of ether oxygens (including phenoxy) is 1. The topological polar surface area (TPSA) is 29.5 Å². The zero-order valence-corrected chi connectivity index (χ0v) is 14.5. The first-order valence-corrected chi connectivity index (χ1v) is 8.00. The number of benzene rings is 2. The number of hydrogen-bond acceptors (Lipinski definition) is 2. The van der Waals surface area contributed by atoms with Gasteiger partial charge in [0.2, 0.25) is 5.91 Å². The second kappa shape index (κ2) is 10.6. The van der Waals surface area contributed by atoms with Crippen LogP contribution in [0.5, 0.6) is 0 Å². The van der Waals surface area contributed by atoms with E-state index in [1.807, 2.05) is 74.5 Å². The molecule has 0 N–H and O–H groups in total. The Morgan fingerprint density at radius 2 is 1.26 bits per heavy atom. The number of likely N-dealkylation sites (N-methyl/N-ethyl adjacent to an activating group) is 1. The summed E-state index contributed by atoms with van der Waals surface area (Å²) in [6, 6.07) is 19.8. The van der Waals surface area contributed by atoms with Crippen LogP contribution < -0.4 is 0 Å². The molecular formula is C20H27NO2. The van der Waals surface area contributed by atoms with Gasteiger partial charge in [-0.05, 0) is 25.0 Å². The van der Waals surface area contributed by atoms with Crippen molar-refractivity contribution in [2.75, 3.05) is 27.3 Å². The number of rotatable bonds is 5. The zero-order chi connectivity index (χ0) is 17.1. The third kappa shape index (κ3) is 6.25. The van der Waals surface area contributed by atoms with Gasteiger partial charge in [0, 0.05) is 27.3 Å². The van der Waals surface area contributed by atoms with Gasteiger partial charge in [0.1, 0.15) is 0 Å². The van der Waals surface area contributed by atoms with E-state index >= 15 is 0 Å². The molecule has 0 heterocycles. The van der Waals surface area contributed by atoms with Crippen LogP contribution in [0.2, 0.25) is 0 Å². The first-order chi connectivity index (χ1) is 11.1. The van der Waals surface area contributed by atoms with Crippen molar-refractivity contribution in [3.05, 3.63) is 71.8 Å². The molecule has 0 atom stereocenters. The lowest BCUT2D eigenvalue weighted by Crippen LogP contribution is -2.28. The van der Waals surface area contributed by atoms with Crippen molar-refractivity contribution >= 4 is 5.91 Å². The zero-order valence-electron chi connectivity index (χ0n) is 14.5. The lowest BCUT2D eigenvalue weighted by molar-refractivity contribution is -0.129. The van der Waals surface area contributed by atoms with E-state index in [-0.39, 0.29) is 11.8 Å². The molecule has 3 heteroatoms. The van der Waals surface area contributed by atoms with Gasteiger partial charge in [-0.3, -0.25) is 4.79 Å². The summed E-state index contributed by atoms with van der Waals surface area (Å²) in [6.07, 6.45) is 0. The minimum atomic E-state index is -0.220. The Labute approximate surface area is 139 Å². The smallest absolute Gasteiger partial charge is 0.234 e. The van der Waals surface area contributed by atoms with Crippen LogP contribution >= 0.6 is 0 Å². The van der Waals surface area contributed by atoms with E-state index < -0.39 is 0 Å². The third-order valence-electron chi connectivity index (χ3n) is 3.36. The van der Waals surface area contributed by atoms with Gasteiger partial charge >= 0.3 is 0 Å². The summed E-state index contributed by atoms with van der Waals surface area (Å²) in [4.78, 5) is 14.0. The van der Waals surface area contributed by atoms with Crippen LogP contribution in [0.1, 0.15) is 30.9 Å². The number of carbonyl (C=O) groups excluding carboxylic acids is 1. The van der Waals surface area contributed by atoms with Crippen LogP contribution in [-0.2, 0) is 9.53 Å². The Balaban J connectivity index is 0.000000463. The van der Waals surface area contributed by atoms with E-state index in [9.17, 15) is 4.79 Å². The molecule has 0 saturated heterocycles. The highest BCUT2D eigenvalue weighted by molar-refractivity contribution is 5.86. The van der Waals surface area contributed by atoms with Gasteiger partial charge in [-0.25, -0.2) is 0 Å². The van der Waals surface area contributed by atoms with Gasteiger partial charge in [0.15, 0.2) is 0 Å². The van der Waals surface area contributed by atoms with Crippen molar-refractivity contribution in [1.82, 2.24) is 4.90 Å². The molecule has 0 bridgehead atoms. The molecule has 2 aromatic carbocycles. The third-order valence-corrected chi connectivity index (χ3v) is 3.36. The van der Waals surface area contributed by atoms with E-state index in [0.717, 1.165) is 24.3 Å². The van der Waals surface area contributed by atoms with Crippen LogP contribution in [0.25, 0.3) is 0 Å². The standard InChI is InChI=1S/C16H17NO.C4H10O/c1-17(2)16(18)15(13-9-5-3-6-10-13)14-11-7-4-8-12-14;1-3-5-4-2/h3-12,15H,1-2H3;3-4H2,1-2H3. The van der Waals surface area contributed by atoms with Crippen molar-refractivity contribution in [1.29, 1.82) is 0 Å². The summed E-state index contributed by atoms with van der Waals surface area (Å²) < 4.78 is 4.83. The fourth-order valence-corrected chi connectivity index (χ4v) is 2.23. The first-order valence-electron chi connectivity index (χ1n) is 8.00. The molecule has 0 aliphatic rings. The van der Waals surface area contributed by atoms with Crippen molar-refractivity contribution in [3.8, 4) is 0 Å². The molecule has 124 valence electrons. The number of amides is 1. The van der Waals surface area contributed by atoms with E-state index in [1.54, 1.807) is 19.0 Å². The van der Waals surface area contributed by atoms with Crippen LogP contribution in [0.3, 0.4) is 0 Å². The van der Waals surface area contributed by atoms with E-state index in [2.05, 4.69) is 0 Å². The Morgan fingerprint density at radius 1 is 0.870 bits per heavy atom. The molecule has 0 saturated carbocycles. The molecule has 0 spiro atoms. The Kier molecular flexibility index (Phi) is 8.70. The minimum absolute atomic E-state index is 0.104. The van der Waals surface area contributed by atoms with Gasteiger partial charge in [-0.2, -0.15) is 0 Å². The molecule has 23 heavy (non-hydrogen) atoms. The maximum atomic E-state index is 12.4. The van der Waals surface area contributed by atoms with Crippen LogP contribution in [0.15, 0.2) is 60.7 Å². The van der Waals surface area contributed by atoms with Gasteiger partial charge < -0.3 is 9.64 Å². The predicted octanol–water partition coefficient (Wildman–Crippen LogP) is 3.95. The fraction of sp³-hybridized carbons (Fsp3) is 0.350. The van der Waals surface area contributed by atoms with Crippen molar-refractivity contribution in [2.45, 2.75) is 19.8 Å². The first kappa shape index (κ1) is 18.9. The molecule has 0 aliphatic carbocycles. The Morgan fingerprint density at radius 3 is 1.52 bits per heavy atom. The molecule has 0 aromatic heterocycles. The highest BCUT2D eigenvalue weighted by Gasteiger charge is 2.23. The molecule has 0 unspecified atom stereocenters. The predicted molar refractivity (Wildman–Crippen MR) is 95.6 cm³/mol. The maximum absolute atomic E-state index is 12.4. The van der Waals surface area contributed by atoms with E-state index in [4.69, 9.17) is 4.74 Å². The lowest BCUT2D eigenvalue weighted by atomic mass is 9.90. The van der Waals surface area contributed by atoms with Gasteiger partial charge in [0.05, 0.1) is 5.92 Å². The lowest BCUT2D eigenvalue weighted by Gasteiger charge is -2.21. The second-order valence-electron chi connectivity index (χ2n) is 5.27. The summed E-state index contributed by atoms with van der Waals surface area (Å²) in [5.74, 6) is -0.116. The fourth-order valence-electron chi connectivity index (χ4n) is 2.23. The summed E-state index contributed by atoms with van der Waals surface area (Å²) >= 11 is 0. The van der Waals surface area contributed by atoms with Crippen molar-refractivity contribution in [3.63, 3.8) is 0 Å². The molecule has 2 rings (SSSR count). The normalized spacial score (nSPS) is 9.96. The number of hydrogen-bond donors (Lipinski definition) is 0. The largest absolute Gasteiger partial charge is 0.382 e. The van der Waals surface area contributed by atoms with Crippen LogP contribution in [0, 0.1) is 0 Å². The quantitative estimate of drug-likeness (QED) is 0.836. The highest BCUT2D eigenvalue weighted by atomic mass is 16.5. The molecule has 0 radical (unpaired) electrons. The highest BCUT2D eigenvalue weighted by Crippen LogP contribution is 2.25. The number of carbonyl (C=O) groups is 1. The SMILES string of the molecule is CCOCC.CN(C)C(=O)C(c1ccccc1)c1ccccc1. The van der Waals surface area contributed by atoms with E-state index in [0.29, 0.717) is 0 Å². The minimum Gasteiger partial charge on any atom is -0.382 e. The molecule has 3 nitrogen and oxygen atoms in total. The van der Waals surface area contributed by atoms with Gasteiger partial charge in [-0.1, -0.05) is 60.7 Å².